The fourth-order valence-electron chi connectivity index (χ4n) is 2.77. The van der Waals surface area contributed by atoms with E-state index in [2.05, 4.69) is 25.4 Å². The lowest BCUT2D eigenvalue weighted by Gasteiger charge is -2.38. The van der Waals surface area contributed by atoms with Crippen LogP contribution in [0.15, 0.2) is 16.9 Å². The summed E-state index contributed by atoms with van der Waals surface area (Å²) in [6.45, 7) is 2.43. The van der Waals surface area contributed by atoms with Gasteiger partial charge < -0.3 is 14.5 Å². The topological polar surface area (TPSA) is 96.3 Å². The first-order chi connectivity index (χ1) is 10.5. The minimum absolute atomic E-state index is 0.441. The first-order valence-corrected chi connectivity index (χ1v) is 7.33. The van der Waals surface area contributed by atoms with Gasteiger partial charge in [0.1, 0.15) is 0 Å². The van der Waals surface area contributed by atoms with Crippen molar-refractivity contribution in [1.82, 2.24) is 30.0 Å². The number of nitrogens with zero attached hydrogens (tertiary/aromatic N) is 7. The van der Waals surface area contributed by atoms with E-state index >= 15 is 0 Å². The molecule has 22 heavy (non-hydrogen) atoms. The molecule has 0 aromatic carbocycles. The van der Waals surface area contributed by atoms with Crippen LogP contribution in [0.4, 0.5) is 5.95 Å². The summed E-state index contributed by atoms with van der Waals surface area (Å²) in [5.74, 6) is 1.12. The Hall–Kier alpha value is -2.00. The van der Waals surface area contributed by atoms with Gasteiger partial charge in [0.05, 0.1) is 24.9 Å². The quantitative estimate of drug-likeness (QED) is 0.808. The molecule has 1 atom stereocenters. The average molecular weight is 307 g/mol. The summed E-state index contributed by atoms with van der Waals surface area (Å²) in [4.78, 5) is 8.25. The SMILES string of the molecule is CN(C)c1noc(CN2CCC[C@@](O)(Cn3ccnn3)C2)n1. The molecule has 120 valence electrons. The van der Waals surface area contributed by atoms with Crippen LogP contribution in [0.3, 0.4) is 0 Å². The van der Waals surface area contributed by atoms with E-state index in [1.54, 1.807) is 22.0 Å². The third kappa shape index (κ3) is 3.42. The molecular formula is C13H21N7O2. The number of likely N-dealkylation sites (tertiary alicyclic amines) is 1. The number of β-amino-alcohol motifs (C(OH)–C–C–N with tert-alkyl or cyclic N) is 1. The second-order valence-electron chi connectivity index (χ2n) is 6.02. The zero-order valence-corrected chi connectivity index (χ0v) is 12.9. The van der Waals surface area contributed by atoms with Crippen LogP contribution in [0, 0.1) is 0 Å². The van der Waals surface area contributed by atoms with E-state index in [1.165, 1.54) is 0 Å². The second-order valence-corrected chi connectivity index (χ2v) is 6.02. The monoisotopic (exact) mass is 307 g/mol. The molecule has 1 fully saturated rings. The Morgan fingerprint density at radius 1 is 1.45 bits per heavy atom. The van der Waals surface area contributed by atoms with Crippen LogP contribution >= 0.6 is 0 Å². The minimum atomic E-state index is -0.809. The molecule has 1 saturated heterocycles. The fourth-order valence-corrected chi connectivity index (χ4v) is 2.77. The molecule has 1 N–H and O–H groups in total. The zero-order chi connectivity index (χ0) is 15.6. The van der Waals surface area contributed by atoms with Crippen molar-refractivity contribution in [2.45, 2.75) is 31.5 Å². The number of piperidine rings is 1. The Morgan fingerprint density at radius 2 is 2.32 bits per heavy atom. The molecule has 1 aliphatic rings. The number of aromatic nitrogens is 5. The Kier molecular flexibility index (Phi) is 4.08. The highest BCUT2D eigenvalue weighted by Gasteiger charge is 2.34. The molecule has 2 aromatic heterocycles. The van der Waals surface area contributed by atoms with Gasteiger partial charge in [-0.2, -0.15) is 4.98 Å². The van der Waals surface area contributed by atoms with Crippen LogP contribution in [-0.2, 0) is 13.1 Å². The first kappa shape index (κ1) is 14.9. The summed E-state index contributed by atoms with van der Waals surface area (Å²) in [5.41, 5.74) is -0.809. The van der Waals surface area contributed by atoms with Crippen molar-refractivity contribution in [3.8, 4) is 0 Å². The van der Waals surface area contributed by atoms with Gasteiger partial charge in [0.2, 0.25) is 5.89 Å². The lowest BCUT2D eigenvalue weighted by Crippen LogP contribution is -2.50. The largest absolute Gasteiger partial charge is 0.387 e. The molecule has 1 aliphatic heterocycles. The van der Waals surface area contributed by atoms with Crippen molar-refractivity contribution in [1.29, 1.82) is 0 Å². The summed E-state index contributed by atoms with van der Waals surface area (Å²) >= 11 is 0. The normalized spacial score (nSPS) is 22.9. The molecule has 0 bridgehead atoms. The van der Waals surface area contributed by atoms with Crippen molar-refractivity contribution in [3.63, 3.8) is 0 Å². The number of anilines is 1. The number of aliphatic hydroxyl groups is 1. The zero-order valence-electron chi connectivity index (χ0n) is 12.9. The van der Waals surface area contributed by atoms with Crippen molar-refractivity contribution in [3.05, 3.63) is 18.3 Å². The van der Waals surface area contributed by atoms with Gasteiger partial charge in [0.15, 0.2) is 0 Å². The van der Waals surface area contributed by atoms with Gasteiger partial charge in [-0.05, 0) is 24.5 Å². The van der Waals surface area contributed by atoms with Gasteiger partial charge >= 0.3 is 0 Å². The number of hydrogen-bond acceptors (Lipinski definition) is 8. The highest BCUT2D eigenvalue weighted by molar-refractivity contribution is 5.23. The standard InChI is InChI=1S/C13H21N7O2/c1-18(2)12-15-11(22-16-12)8-19-6-3-4-13(21,9-19)10-20-7-5-14-17-20/h5,7,21H,3-4,6,8-10H2,1-2H3/t13-/m0/s1. The molecule has 0 radical (unpaired) electrons. The maximum atomic E-state index is 10.8. The van der Waals surface area contributed by atoms with Gasteiger partial charge in [-0.1, -0.05) is 5.21 Å². The summed E-state index contributed by atoms with van der Waals surface area (Å²) in [7, 11) is 3.73. The predicted molar refractivity (Wildman–Crippen MR) is 78.1 cm³/mol. The van der Waals surface area contributed by atoms with Crippen LogP contribution in [-0.4, -0.2) is 67.9 Å². The summed E-state index contributed by atoms with van der Waals surface area (Å²) < 4.78 is 6.92. The lowest BCUT2D eigenvalue weighted by atomic mass is 9.93. The van der Waals surface area contributed by atoms with Gasteiger partial charge in [-0.15, -0.1) is 5.10 Å². The third-order valence-electron chi connectivity index (χ3n) is 3.78. The molecule has 2 aromatic rings. The van der Waals surface area contributed by atoms with E-state index in [9.17, 15) is 5.11 Å². The van der Waals surface area contributed by atoms with Crippen LogP contribution in [0.2, 0.25) is 0 Å². The predicted octanol–water partition coefficient (Wildman–Crippen LogP) is -0.246. The minimum Gasteiger partial charge on any atom is -0.387 e. The first-order valence-electron chi connectivity index (χ1n) is 7.33. The Labute approximate surface area is 128 Å². The van der Waals surface area contributed by atoms with E-state index in [0.717, 1.165) is 19.4 Å². The van der Waals surface area contributed by atoms with E-state index in [-0.39, 0.29) is 0 Å². The van der Waals surface area contributed by atoms with Crippen molar-refractivity contribution in [2.24, 2.45) is 0 Å². The third-order valence-corrected chi connectivity index (χ3v) is 3.78. The van der Waals surface area contributed by atoms with Gasteiger partial charge in [0.25, 0.3) is 5.95 Å². The summed E-state index contributed by atoms with van der Waals surface area (Å²) in [6.07, 6.45) is 5.04. The second kappa shape index (κ2) is 6.01. The van der Waals surface area contributed by atoms with E-state index in [4.69, 9.17) is 4.52 Å². The lowest BCUT2D eigenvalue weighted by molar-refractivity contribution is -0.0498. The van der Waals surface area contributed by atoms with Crippen LogP contribution in [0.5, 0.6) is 0 Å². The van der Waals surface area contributed by atoms with Crippen LogP contribution < -0.4 is 4.90 Å². The summed E-state index contributed by atoms with van der Waals surface area (Å²) in [6, 6.07) is 0. The molecule has 9 heteroatoms. The van der Waals surface area contributed by atoms with Gasteiger partial charge in [0, 0.05) is 26.8 Å². The van der Waals surface area contributed by atoms with E-state index in [0.29, 0.717) is 31.5 Å². The highest BCUT2D eigenvalue weighted by Crippen LogP contribution is 2.24. The van der Waals surface area contributed by atoms with Crippen LogP contribution in [0.1, 0.15) is 18.7 Å². The van der Waals surface area contributed by atoms with E-state index < -0.39 is 5.60 Å². The number of rotatable bonds is 5. The smallest absolute Gasteiger partial charge is 0.265 e. The highest BCUT2D eigenvalue weighted by atomic mass is 16.5. The van der Waals surface area contributed by atoms with Crippen molar-refractivity contribution < 1.29 is 9.63 Å². The molecule has 9 nitrogen and oxygen atoms in total. The van der Waals surface area contributed by atoms with Crippen LogP contribution in [0.25, 0.3) is 0 Å². The Balaban J connectivity index is 1.62. The van der Waals surface area contributed by atoms with Crippen molar-refractivity contribution in [2.75, 3.05) is 32.1 Å². The number of hydrogen-bond donors (Lipinski definition) is 1. The molecule has 3 rings (SSSR count). The van der Waals surface area contributed by atoms with Gasteiger partial charge in [-0.25, -0.2) is 4.68 Å². The summed E-state index contributed by atoms with van der Waals surface area (Å²) in [5, 5.41) is 22.4. The Morgan fingerprint density at radius 3 is 3.00 bits per heavy atom. The molecule has 0 amide bonds. The molecule has 0 unspecified atom stereocenters. The van der Waals surface area contributed by atoms with E-state index in [1.807, 2.05) is 14.1 Å². The maximum Gasteiger partial charge on any atom is 0.265 e. The molecular weight excluding hydrogens is 286 g/mol. The average Bonchev–Trinajstić information content (AvgIpc) is 3.10. The molecule has 0 aliphatic carbocycles. The van der Waals surface area contributed by atoms with Crippen molar-refractivity contribution >= 4 is 5.95 Å². The maximum absolute atomic E-state index is 10.8. The molecule has 0 spiro atoms. The fraction of sp³-hybridized carbons (Fsp3) is 0.692. The molecule has 3 heterocycles. The Bertz CT molecular complexity index is 597. The van der Waals surface area contributed by atoms with Gasteiger partial charge in [-0.3, -0.25) is 4.90 Å². The molecule has 0 saturated carbocycles.